The monoisotopic (exact) mass is 342 g/mol. The van der Waals surface area contributed by atoms with Gasteiger partial charge in [-0.2, -0.15) is 0 Å². The van der Waals surface area contributed by atoms with E-state index in [4.69, 9.17) is 0 Å². The summed E-state index contributed by atoms with van der Waals surface area (Å²) in [6, 6.07) is 9.50. The smallest absolute Gasteiger partial charge is 0.269 e. The van der Waals surface area contributed by atoms with Crippen molar-refractivity contribution < 1.29 is 9.72 Å². The highest BCUT2D eigenvalue weighted by Crippen LogP contribution is 2.28. The predicted molar refractivity (Wildman–Crippen MR) is 91.9 cm³/mol. The van der Waals surface area contributed by atoms with Crippen molar-refractivity contribution in [2.45, 2.75) is 0 Å². The van der Waals surface area contributed by atoms with Crippen molar-refractivity contribution in [2.75, 3.05) is 0 Å². The molecule has 2 aromatic heterocycles. The fraction of sp³-hybridized carbons (Fsp3) is 0. The van der Waals surface area contributed by atoms with Crippen LogP contribution < -0.4 is 0 Å². The van der Waals surface area contributed by atoms with Crippen LogP contribution in [0.1, 0.15) is 16.1 Å². The normalized spacial score (nSPS) is 11.0. The van der Waals surface area contributed by atoms with Crippen LogP contribution in [-0.2, 0) is 0 Å². The Morgan fingerprint density at radius 3 is 2.61 bits per heavy atom. The second-order valence-electron chi connectivity index (χ2n) is 4.56. The van der Waals surface area contributed by atoms with Crippen LogP contribution in [0.15, 0.2) is 53.2 Å². The molecule has 0 saturated carbocycles. The highest BCUT2D eigenvalue weighted by atomic mass is 32.1. The van der Waals surface area contributed by atoms with Crippen LogP contribution in [0.5, 0.6) is 0 Å². The molecule has 3 rings (SSSR count). The van der Waals surface area contributed by atoms with Gasteiger partial charge in [0.2, 0.25) is 0 Å². The number of nitro benzene ring substituents is 1. The van der Waals surface area contributed by atoms with Gasteiger partial charge >= 0.3 is 0 Å². The molecule has 0 fully saturated rings. The second-order valence-corrected chi connectivity index (χ2v) is 6.36. The number of ketones is 1. The average Bonchev–Trinajstić information content (AvgIpc) is 3.23. The fourth-order valence-electron chi connectivity index (χ4n) is 1.88. The summed E-state index contributed by atoms with van der Waals surface area (Å²) in [5.74, 6) is -0.217. The highest BCUT2D eigenvalue weighted by molar-refractivity contribution is 7.20. The van der Waals surface area contributed by atoms with Crippen LogP contribution >= 0.6 is 22.7 Å². The number of thiazole rings is 1. The Hall–Kier alpha value is -2.64. The van der Waals surface area contributed by atoms with Crippen molar-refractivity contribution >= 4 is 40.2 Å². The van der Waals surface area contributed by atoms with E-state index in [2.05, 4.69) is 4.98 Å². The molecule has 7 heteroatoms. The number of thiophene rings is 1. The molecule has 0 atom stereocenters. The van der Waals surface area contributed by atoms with Gasteiger partial charge in [0.15, 0.2) is 5.78 Å². The minimum atomic E-state index is -0.495. The minimum Gasteiger partial charge on any atom is -0.289 e. The summed E-state index contributed by atoms with van der Waals surface area (Å²) in [7, 11) is 0. The van der Waals surface area contributed by atoms with Crippen molar-refractivity contribution in [3.8, 4) is 9.88 Å². The number of nitro groups is 1. The Kier molecular flexibility index (Phi) is 4.40. The number of carbonyl (C=O) groups excluding carboxylic acids is 1. The SMILES string of the molecule is O=C(C=Cc1csc(-c2cccs2)n1)c1ccc([N+](=O)[O-])cc1. The molecular formula is C16H10N2O3S2. The number of allylic oxidation sites excluding steroid dienone is 1. The van der Waals surface area contributed by atoms with Crippen LogP contribution in [-0.4, -0.2) is 15.7 Å². The van der Waals surface area contributed by atoms with E-state index in [1.807, 2.05) is 22.9 Å². The average molecular weight is 342 g/mol. The zero-order valence-corrected chi connectivity index (χ0v) is 13.3. The van der Waals surface area contributed by atoms with Crippen LogP contribution in [0, 0.1) is 10.1 Å². The van der Waals surface area contributed by atoms with Gasteiger partial charge in [-0.15, -0.1) is 22.7 Å². The van der Waals surface area contributed by atoms with E-state index in [0.29, 0.717) is 11.3 Å². The third-order valence-electron chi connectivity index (χ3n) is 3.02. The topological polar surface area (TPSA) is 73.1 Å². The number of hydrogen-bond acceptors (Lipinski definition) is 6. The molecule has 3 aromatic rings. The number of non-ortho nitro benzene ring substituents is 1. The van der Waals surface area contributed by atoms with E-state index in [0.717, 1.165) is 9.88 Å². The largest absolute Gasteiger partial charge is 0.289 e. The molecule has 23 heavy (non-hydrogen) atoms. The summed E-state index contributed by atoms with van der Waals surface area (Å²) in [4.78, 5) is 27.7. The van der Waals surface area contributed by atoms with Crippen LogP contribution in [0.3, 0.4) is 0 Å². The number of benzene rings is 1. The summed E-state index contributed by atoms with van der Waals surface area (Å²) in [5.41, 5.74) is 1.08. The number of aromatic nitrogens is 1. The van der Waals surface area contributed by atoms with Gasteiger partial charge in [-0.1, -0.05) is 6.07 Å². The van der Waals surface area contributed by atoms with Crippen molar-refractivity contribution in [3.63, 3.8) is 0 Å². The van der Waals surface area contributed by atoms with Gasteiger partial charge in [-0.3, -0.25) is 14.9 Å². The summed E-state index contributed by atoms with van der Waals surface area (Å²) < 4.78 is 0. The summed E-state index contributed by atoms with van der Waals surface area (Å²) in [6.07, 6.45) is 3.08. The van der Waals surface area contributed by atoms with E-state index >= 15 is 0 Å². The first-order chi connectivity index (χ1) is 11.1. The molecule has 0 spiro atoms. The molecular weight excluding hydrogens is 332 g/mol. The first-order valence-electron chi connectivity index (χ1n) is 6.60. The lowest BCUT2D eigenvalue weighted by atomic mass is 10.1. The molecule has 0 amide bonds. The van der Waals surface area contributed by atoms with E-state index < -0.39 is 4.92 Å². The Bertz CT molecular complexity index is 865. The van der Waals surface area contributed by atoms with Crippen molar-refractivity contribution in [2.24, 2.45) is 0 Å². The van der Waals surface area contributed by atoms with E-state index in [1.54, 1.807) is 17.4 Å². The standard InChI is InChI=1S/C16H10N2O3S2/c19-14(11-3-6-13(7-4-11)18(20)21)8-5-12-10-23-16(17-12)15-2-1-9-22-15/h1-10H. The van der Waals surface area contributed by atoms with Gasteiger partial charge in [0.25, 0.3) is 5.69 Å². The third-order valence-corrected chi connectivity index (χ3v) is 4.92. The molecule has 1 aromatic carbocycles. The number of nitrogens with zero attached hydrogens (tertiary/aromatic N) is 2. The Balaban J connectivity index is 1.72. The van der Waals surface area contributed by atoms with Gasteiger partial charge in [-0.05, 0) is 35.7 Å². The lowest BCUT2D eigenvalue weighted by Gasteiger charge is -1.95. The van der Waals surface area contributed by atoms with Gasteiger partial charge in [0, 0.05) is 23.1 Å². The first-order valence-corrected chi connectivity index (χ1v) is 8.36. The molecule has 2 heterocycles. The second kappa shape index (κ2) is 6.64. The lowest BCUT2D eigenvalue weighted by Crippen LogP contribution is -1.95. The van der Waals surface area contributed by atoms with Crippen molar-refractivity contribution in [1.82, 2.24) is 4.98 Å². The molecule has 0 aliphatic heterocycles. The van der Waals surface area contributed by atoms with Gasteiger partial charge in [-0.25, -0.2) is 4.98 Å². The maximum absolute atomic E-state index is 12.1. The molecule has 0 N–H and O–H groups in total. The zero-order valence-electron chi connectivity index (χ0n) is 11.7. The predicted octanol–water partition coefficient (Wildman–Crippen LogP) is 4.68. The van der Waals surface area contributed by atoms with Crippen LogP contribution in [0.25, 0.3) is 16.0 Å². The van der Waals surface area contributed by atoms with Crippen molar-refractivity contribution in [1.29, 1.82) is 0 Å². The number of hydrogen-bond donors (Lipinski definition) is 0. The lowest BCUT2D eigenvalue weighted by molar-refractivity contribution is -0.384. The third kappa shape index (κ3) is 3.58. The van der Waals surface area contributed by atoms with Gasteiger partial charge < -0.3 is 0 Å². The molecule has 0 unspecified atom stereocenters. The number of carbonyl (C=O) groups is 1. The van der Waals surface area contributed by atoms with E-state index in [1.165, 1.54) is 41.7 Å². The molecule has 0 radical (unpaired) electrons. The van der Waals surface area contributed by atoms with E-state index in [9.17, 15) is 14.9 Å². The molecule has 0 bridgehead atoms. The highest BCUT2D eigenvalue weighted by Gasteiger charge is 2.08. The van der Waals surface area contributed by atoms with Crippen LogP contribution in [0.4, 0.5) is 5.69 Å². The minimum absolute atomic E-state index is 0.0365. The summed E-state index contributed by atoms with van der Waals surface area (Å²) >= 11 is 3.14. The zero-order chi connectivity index (χ0) is 16.2. The van der Waals surface area contributed by atoms with Gasteiger partial charge in [0.1, 0.15) is 5.01 Å². The summed E-state index contributed by atoms with van der Waals surface area (Å²) in [6.45, 7) is 0. The molecule has 5 nitrogen and oxygen atoms in total. The molecule has 0 aliphatic carbocycles. The van der Waals surface area contributed by atoms with E-state index in [-0.39, 0.29) is 11.5 Å². The van der Waals surface area contributed by atoms with Crippen molar-refractivity contribution in [3.05, 3.63) is 74.6 Å². The maximum atomic E-state index is 12.1. The fourth-order valence-corrected chi connectivity index (χ4v) is 3.48. The molecule has 114 valence electrons. The first kappa shape index (κ1) is 15.3. The Labute approximate surface area is 139 Å². The quantitative estimate of drug-likeness (QED) is 0.292. The van der Waals surface area contributed by atoms with Gasteiger partial charge in [0.05, 0.1) is 15.5 Å². The van der Waals surface area contributed by atoms with Crippen LogP contribution in [0.2, 0.25) is 0 Å². The molecule has 0 saturated heterocycles. The Morgan fingerprint density at radius 2 is 1.96 bits per heavy atom. The number of rotatable bonds is 5. The Morgan fingerprint density at radius 1 is 1.17 bits per heavy atom. The molecule has 0 aliphatic rings. The summed E-state index contributed by atoms with van der Waals surface area (Å²) in [5, 5.41) is 15.4. The maximum Gasteiger partial charge on any atom is 0.269 e.